The second-order valence-corrected chi connectivity index (χ2v) is 7.28. The third-order valence-electron chi connectivity index (χ3n) is 5.64. The Kier molecular flexibility index (Phi) is 5.02. The van der Waals surface area contributed by atoms with Crippen LogP contribution in [0.1, 0.15) is 37.2 Å². The van der Waals surface area contributed by atoms with Crippen molar-refractivity contribution in [3.63, 3.8) is 0 Å². The molecule has 4 heteroatoms. The van der Waals surface area contributed by atoms with Gasteiger partial charge in [-0.2, -0.15) is 0 Å². The third-order valence-corrected chi connectivity index (χ3v) is 5.64. The molecule has 2 fully saturated rings. The van der Waals surface area contributed by atoms with Crippen molar-refractivity contribution in [2.24, 2.45) is 5.41 Å². The molecule has 126 valence electrons. The predicted molar refractivity (Wildman–Crippen MR) is 91.2 cm³/mol. The fourth-order valence-electron chi connectivity index (χ4n) is 4.29. The van der Waals surface area contributed by atoms with Crippen molar-refractivity contribution in [1.29, 1.82) is 0 Å². The van der Waals surface area contributed by atoms with E-state index in [0.29, 0.717) is 0 Å². The highest BCUT2D eigenvalue weighted by Gasteiger charge is 2.44. The van der Waals surface area contributed by atoms with Gasteiger partial charge in [-0.25, -0.2) is 0 Å². The van der Waals surface area contributed by atoms with Crippen LogP contribution >= 0.6 is 0 Å². The smallest absolute Gasteiger partial charge is 0.229 e. The molecule has 2 saturated heterocycles. The number of nitrogens with zero attached hydrogens (tertiary/aromatic N) is 2. The van der Waals surface area contributed by atoms with Crippen LogP contribution in [0.15, 0.2) is 30.3 Å². The van der Waals surface area contributed by atoms with Crippen molar-refractivity contribution in [3.05, 3.63) is 35.9 Å². The van der Waals surface area contributed by atoms with Crippen molar-refractivity contribution < 1.29 is 9.90 Å². The van der Waals surface area contributed by atoms with Crippen LogP contribution in [0.25, 0.3) is 0 Å². The number of likely N-dealkylation sites (N-methyl/N-ethyl adjacent to an activating group) is 1. The number of carbonyl (C=O) groups is 1. The van der Waals surface area contributed by atoms with Crippen LogP contribution < -0.4 is 0 Å². The quantitative estimate of drug-likeness (QED) is 0.925. The van der Waals surface area contributed by atoms with Crippen LogP contribution in [0.2, 0.25) is 0 Å². The molecule has 1 amide bonds. The fourth-order valence-corrected chi connectivity index (χ4v) is 4.29. The monoisotopic (exact) mass is 316 g/mol. The number of benzene rings is 1. The first-order chi connectivity index (χ1) is 11.1. The minimum absolute atomic E-state index is 0.0129. The van der Waals surface area contributed by atoms with E-state index in [2.05, 4.69) is 17.0 Å². The van der Waals surface area contributed by atoms with Gasteiger partial charge in [0.2, 0.25) is 5.91 Å². The topological polar surface area (TPSA) is 43.8 Å². The van der Waals surface area contributed by atoms with Gasteiger partial charge in [0.25, 0.3) is 0 Å². The molecular weight excluding hydrogens is 288 g/mol. The summed E-state index contributed by atoms with van der Waals surface area (Å²) in [5.74, 6) is 0.281. The molecular formula is C19H28N2O2. The van der Waals surface area contributed by atoms with Gasteiger partial charge in [-0.05, 0) is 49.8 Å². The Morgan fingerprint density at radius 2 is 1.91 bits per heavy atom. The van der Waals surface area contributed by atoms with Crippen LogP contribution in [0.5, 0.6) is 0 Å². The van der Waals surface area contributed by atoms with Crippen LogP contribution in [-0.4, -0.2) is 60.6 Å². The minimum Gasteiger partial charge on any atom is -0.396 e. The summed E-state index contributed by atoms with van der Waals surface area (Å²) in [6.45, 7) is 4.33. The number of carbonyl (C=O) groups excluding carboxylic acids is 1. The summed E-state index contributed by atoms with van der Waals surface area (Å²) in [7, 11) is 1.96. The van der Waals surface area contributed by atoms with Gasteiger partial charge in [0.05, 0.1) is 5.92 Å². The van der Waals surface area contributed by atoms with E-state index in [1.54, 1.807) is 0 Å². The Labute approximate surface area is 139 Å². The summed E-state index contributed by atoms with van der Waals surface area (Å²) in [6.07, 6.45) is 4.14. The molecule has 1 aromatic carbocycles. The molecule has 0 bridgehead atoms. The van der Waals surface area contributed by atoms with E-state index in [9.17, 15) is 4.79 Å². The molecule has 2 aliphatic rings. The van der Waals surface area contributed by atoms with Gasteiger partial charge in [-0.3, -0.25) is 4.79 Å². The molecule has 0 unspecified atom stereocenters. The highest BCUT2D eigenvalue weighted by molar-refractivity contribution is 5.84. The Morgan fingerprint density at radius 1 is 1.22 bits per heavy atom. The van der Waals surface area contributed by atoms with E-state index >= 15 is 0 Å². The number of aliphatic hydroxyl groups excluding tert-OH is 1. The second kappa shape index (κ2) is 7.02. The zero-order chi connectivity index (χ0) is 16.3. The molecule has 1 atom stereocenters. The van der Waals surface area contributed by atoms with Crippen molar-refractivity contribution in [2.75, 3.05) is 39.8 Å². The maximum atomic E-state index is 12.6. The molecule has 0 aliphatic carbocycles. The lowest BCUT2D eigenvalue weighted by Gasteiger charge is -2.49. The molecule has 3 rings (SSSR count). The van der Waals surface area contributed by atoms with Crippen molar-refractivity contribution in [3.8, 4) is 0 Å². The van der Waals surface area contributed by atoms with Gasteiger partial charge >= 0.3 is 0 Å². The van der Waals surface area contributed by atoms with Gasteiger partial charge in [-0.15, -0.1) is 0 Å². The standard InChI is InChI=1S/C19H28N2O2/c1-20-15-19(8-11-21(12-9-19)10-5-13-22)14-17(18(20)23)16-6-3-2-4-7-16/h2-4,6-7,17,22H,5,8-15H2,1H3/t17-/m0/s1. The van der Waals surface area contributed by atoms with Gasteiger partial charge < -0.3 is 14.9 Å². The number of piperidine rings is 2. The van der Waals surface area contributed by atoms with Crippen LogP contribution in [0.3, 0.4) is 0 Å². The normalized spacial score (nSPS) is 25.0. The first kappa shape index (κ1) is 16.5. The first-order valence-corrected chi connectivity index (χ1v) is 8.77. The molecule has 2 aliphatic heterocycles. The molecule has 0 aromatic heterocycles. The number of rotatable bonds is 4. The molecule has 2 heterocycles. The average molecular weight is 316 g/mol. The molecule has 0 radical (unpaired) electrons. The number of hydrogen-bond acceptors (Lipinski definition) is 3. The fraction of sp³-hybridized carbons (Fsp3) is 0.632. The highest BCUT2D eigenvalue weighted by atomic mass is 16.3. The van der Waals surface area contributed by atoms with E-state index in [0.717, 1.165) is 57.4 Å². The van der Waals surface area contributed by atoms with Crippen molar-refractivity contribution in [1.82, 2.24) is 9.80 Å². The van der Waals surface area contributed by atoms with E-state index in [-0.39, 0.29) is 23.8 Å². The molecule has 1 N–H and O–H groups in total. The molecule has 23 heavy (non-hydrogen) atoms. The van der Waals surface area contributed by atoms with E-state index in [1.165, 1.54) is 0 Å². The Morgan fingerprint density at radius 3 is 2.57 bits per heavy atom. The minimum atomic E-state index is 0.0129. The lowest BCUT2D eigenvalue weighted by atomic mass is 9.68. The summed E-state index contributed by atoms with van der Waals surface area (Å²) in [5, 5.41) is 8.99. The van der Waals surface area contributed by atoms with E-state index in [1.807, 2.05) is 30.1 Å². The summed E-state index contributed by atoms with van der Waals surface area (Å²) >= 11 is 0. The van der Waals surface area contributed by atoms with Crippen LogP contribution in [-0.2, 0) is 4.79 Å². The van der Waals surface area contributed by atoms with E-state index < -0.39 is 0 Å². The number of aliphatic hydroxyl groups is 1. The Hall–Kier alpha value is -1.39. The average Bonchev–Trinajstić information content (AvgIpc) is 2.59. The van der Waals surface area contributed by atoms with Gasteiger partial charge in [0, 0.05) is 26.7 Å². The molecule has 1 spiro atoms. The van der Waals surface area contributed by atoms with Crippen LogP contribution in [0.4, 0.5) is 0 Å². The second-order valence-electron chi connectivity index (χ2n) is 7.28. The SMILES string of the molecule is CN1CC2(CCN(CCCO)CC2)C[C@@H](c2ccccc2)C1=O. The van der Waals surface area contributed by atoms with Crippen molar-refractivity contribution >= 4 is 5.91 Å². The van der Waals surface area contributed by atoms with Gasteiger partial charge in [-0.1, -0.05) is 30.3 Å². The summed E-state index contributed by atoms with van der Waals surface area (Å²) in [4.78, 5) is 17.0. The highest BCUT2D eigenvalue weighted by Crippen LogP contribution is 2.45. The summed E-state index contributed by atoms with van der Waals surface area (Å²) in [6, 6.07) is 10.2. The summed E-state index contributed by atoms with van der Waals surface area (Å²) < 4.78 is 0. The zero-order valence-corrected chi connectivity index (χ0v) is 14.1. The number of hydrogen-bond donors (Lipinski definition) is 1. The first-order valence-electron chi connectivity index (χ1n) is 8.77. The van der Waals surface area contributed by atoms with Crippen molar-refractivity contribution in [2.45, 2.75) is 31.6 Å². The molecule has 0 saturated carbocycles. The van der Waals surface area contributed by atoms with Crippen LogP contribution in [0, 0.1) is 5.41 Å². The molecule has 1 aromatic rings. The number of likely N-dealkylation sites (tertiary alicyclic amines) is 2. The van der Waals surface area contributed by atoms with Gasteiger partial charge in [0.1, 0.15) is 0 Å². The molecule has 4 nitrogen and oxygen atoms in total. The third kappa shape index (κ3) is 3.59. The van der Waals surface area contributed by atoms with E-state index in [4.69, 9.17) is 5.11 Å². The maximum Gasteiger partial charge on any atom is 0.229 e. The Balaban J connectivity index is 1.71. The summed E-state index contributed by atoms with van der Waals surface area (Å²) in [5.41, 5.74) is 1.42. The number of amides is 1. The predicted octanol–water partition coefficient (Wildman–Crippen LogP) is 2.10. The zero-order valence-electron chi connectivity index (χ0n) is 14.1. The van der Waals surface area contributed by atoms with Gasteiger partial charge in [0.15, 0.2) is 0 Å². The lowest BCUT2D eigenvalue weighted by Crippen LogP contribution is -2.52. The lowest BCUT2D eigenvalue weighted by molar-refractivity contribution is -0.139. The Bertz CT molecular complexity index is 523. The maximum absolute atomic E-state index is 12.6. The largest absolute Gasteiger partial charge is 0.396 e.